The van der Waals surface area contributed by atoms with Crippen molar-refractivity contribution in [3.8, 4) is 0 Å². The van der Waals surface area contributed by atoms with Gasteiger partial charge in [0.1, 0.15) is 0 Å². The molecule has 5 nitrogen and oxygen atoms in total. The molecule has 1 heterocycles. The van der Waals surface area contributed by atoms with Crippen LogP contribution in [-0.4, -0.2) is 27.1 Å². The Kier molecular flexibility index (Phi) is 3.18. The number of nitrogens with zero attached hydrogens (tertiary/aromatic N) is 4. The van der Waals surface area contributed by atoms with Gasteiger partial charge in [-0.1, -0.05) is 23.4 Å². The number of hydrogen-bond acceptors (Lipinski definition) is 3. The van der Waals surface area contributed by atoms with Crippen molar-refractivity contribution in [3.63, 3.8) is 0 Å². The van der Waals surface area contributed by atoms with Crippen LogP contribution in [0.1, 0.15) is 13.8 Å². The molecule has 88 valence electrons. The van der Waals surface area contributed by atoms with Gasteiger partial charge in [0.15, 0.2) is 0 Å². The van der Waals surface area contributed by atoms with E-state index in [1.165, 1.54) is 10.9 Å². The van der Waals surface area contributed by atoms with Gasteiger partial charge in [0.25, 0.3) is 0 Å². The molecule has 0 fully saturated rings. The molecule has 1 aromatic heterocycles. The highest BCUT2D eigenvalue weighted by molar-refractivity contribution is 5.93. The Morgan fingerprint density at radius 1 is 1.29 bits per heavy atom. The average Bonchev–Trinajstić information content (AvgIpc) is 2.83. The maximum Gasteiger partial charge on any atom is 0.350 e. The van der Waals surface area contributed by atoms with Crippen molar-refractivity contribution in [2.75, 3.05) is 4.90 Å². The van der Waals surface area contributed by atoms with E-state index in [-0.39, 0.29) is 12.1 Å². The van der Waals surface area contributed by atoms with E-state index in [1.54, 1.807) is 11.1 Å². The number of carbonyl (C=O) groups excluding carboxylic acids is 1. The molecule has 0 saturated carbocycles. The molecule has 0 atom stereocenters. The minimum Gasteiger partial charge on any atom is -0.290 e. The molecular weight excluding hydrogens is 216 g/mol. The van der Waals surface area contributed by atoms with E-state index in [9.17, 15) is 4.79 Å². The summed E-state index contributed by atoms with van der Waals surface area (Å²) in [4.78, 5) is 13.9. The Balaban J connectivity index is 2.34. The molecule has 0 aliphatic carbocycles. The topological polar surface area (TPSA) is 51.0 Å². The minimum absolute atomic E-state index is 0.0501. The summed E-state index contributed by atoms with van der Waals surface area (Å²) in [7, 11) is 0. The summed E-state index contributed by atoms with van der Waals surface area (Å²) in [5, 5.41) is 7.36. The van der Waals surface area contributed by atoms with Crippen molar-refractivity contribution in [1.29, 1.82) is 0 Å². The van der Waals surface area contributed by atoms with Crippen molar-refractivity contribution in [3.05, 3.63) is 42.7 Å². The predicted molar refractivity (Wildman–Crippen MR) is 64.9 cm³/mol. The van der Waals surface area contributed by atoms with E-state index in [4.69, 9.17) is 0 Å². The smallest absolute Gasteiger partial charge is 0.290 e. The standard InChI is InChI=1S/C12H14N4O/c1-10(2)16(11-6-4-3-5-7-11)12(17)15-9-8-13-14-15/h3-10H,1-2H3. The molecule has 0 radical (unpaired) electrons. The quantitative estimate of drug-likeness (QED) is 0.794. The highest BCUT2D eigenvalue weighted by atomic mass is 16.2. The second-order valence-corrected chi connectivity index (χ2v) is 3.93. The molecular formula is C12H14N4O. The van der Waals surface area contributed by atoms with Gasteiger partial charge in [0.05, 0.1) is 12.4 Å². The first kappa shape index (κ1) is 11.3. The number of benzene rings is 1. The third-order valence-corrected chi connectivity index (χ3v) is 2.38. The SMILES string of the molecule is CC(C)N(C(=O)n1ccnn1)c1ccccc1. The van der Waals surface area contributed by atoms with E-state index in [1.807, 2.05) is 44.2 Å². The van der Waals surface area contributed by atoms with Crippen LogP contribution in [0.15, 0.2) is 42.7 Å². The van der Waals surface area contributed by atoms with Gasteiger partial charge in [-0.05, 0) is 26.0 Å². The number of hydrogen-bond donors (Lipinski definition) is 0. The molecule has 2 rings (SSSR count). The summed E-state index contributed by atoms with van der Waals surface area (Å²) in [6.45, 7) is 3.92. The number of para-hydroxylation sites is 1. The van der Waals surface area contributed by atoms with E-state index < -0.39 is 0 Å². The fraction of sp³-hybridized carbons (Fsp3) is 0.250. The van der Waals surface area contributed by atoms with Gasteiger partial charge in [0.2, 0.25) is 0 Å². The minimum atomic E-state index is -0.205. The number of carbonyl (C=O) groups is 1. The Labute approximate surface area is 99.7 Å². The summed E-state index contributed by atoms with van der Waals surface area (Å²) in [6.07, 6.45) is 3.03. The molecule has 1 aromatic carbocycles. The molecule has 0 bridgehead atoms. The normalized spacial score (nSPS) is 10.5. The van der Waals surface area contributed by atoms with Crippen LogP contribution in [0, 0.1) is 0 Å². The van der Waals surface area contributed by atoms with Gasteiger partial charge in [-0.3, -0.25) is 4.90 Å². The lowest BCUT2D eigenvalue weighted by molar-refractivity contribution is 0.243. The fourth-order valence-corrected chi connectivity index (χ4v) is 1.64. The molecule has 2 aromatic rings. The zero-order valence-electron chi connectivity index (χ0n) is 9.82. The van der Waals surface area contributed by atoms with Crippen LogP contribution in [0.5, 0.6) is 0 Å². The van der Waals surface area contributed by atoms with E-state index in [0.717, 1.165) is 5.69 Å². The average molecular weight is 230 g/mol. The zero-order chi connectivity index (χ0) is 12.3. The maximum absolute atomic E-state index is 12.2. The molecule has 5 heteroatoms. The lowest BCUT2D eigenvalue weighted by atomic mass is 10.2. The van der Waals surface area contributed by atoms with Gasteiger partial charge in [-0.2, -0.15) is 4.68 Å². The summed E-state index contributed by atoms with van der Waals surface area (Å²) in [6, 6.07) is 9.36. The molecule has 0 aliphatic heterocycles. The number of anilines is 1. The third-order valence-electron chi connectivity index (χ3n) is 2.38. The number of amides is 1. The summed E-state index contributed by atoms with van der Waals surface area (Å²) in [5.74, 6) is 0. The van der Waals surface area contributed by atoms with E-state index in [0.29, 0.717) is 0 Å². The van der Waals surface area contributed by atoms with E-state index in [2.05, 4.69) is 10.3 Å². The summed E-state index contributed by atoms with van der Waals surface area (Å²) in [5.41, 5.74) is 0.850. The van der Waals surface area contributed by atoms with Crippen LogP contribution in [0.4, 0.5) is 10.5 Å². The first-order chi connectivity index (χ1) is 8.20. The van der Waals surface area contributed by atoms with Crippen LogP contribution in [0.3, 0.4) is 0 Å². The van der Waals surface area contributed by atoms with Crippen molar-refractivity contribution in [2.24, 2.45) is 0 Å². The molecule has 1 amide bonds. The van der Waals surface area contributed by atoms with Crippen LogP contribution >= 0.6 is 0 Å². The Morgan fingerprint density at radius 2 is 2.00 bits per heavy atom. The second-order valence-electron chi connectivity index (χ2n) is 3.93. The number of aromatic nitrogens is 3. The van der Waals surface area contributed by atoms with Crippen molar-refractivity contribution < 1.29 is 4.79 Å². The first-order valence-electron chi connectivity index (χ1n) is 5.45. The maximum atomic E-state index is 12.2. The second kappa shape index (κ2) is 4.78. The Bertz CT molecular complexity index is 478. The molecule has 0 spiro atoms. The van der Waals surface area contributed by atoms with Crippen molar-refractivity contribution >= 4 is 11.7 Å². The van der Waals surface area contributed by atoms with Crippen LogP contribution in [0.2, 0.25) is 0 Å². The lowest BCUT2D eigenvalue weighted by Crippen LogP contribution is -2.40. The lowest BCUT2D eigenvalue weighted by Gasteiger charge is -2.25. The number of rotatable bonds is 2. The summed E-state index contributed by atoms with van der Waals surface area (Å²) >= 11 is 0. The molecule has 0 unspecified atom stereocenters. The molecule has 0 saturated heterocycles. The van der Waals surface area contributed by atoms with Crippen LogP contribution in [0.25, 0.3) is 0 Å². The Hall–Kier alpha value is -2.17. The fourth-order valence-electron chi connectivity index (χ4n) is 1.64. The Morgan fingerprint density at radius 3 is 2.53 bits per heavy atom. The summed E-state index contributed by atoms with van der Waals surface area (Å²) < 4.78 is 1.23. The van der Waals surface area contributed by atoms with Gasteiger partial charge in [0, 0.05) is 11.7 Å². The zero-order valence-corrected chi connectivity index (χ0v) is 9.82. The largest absolute Gasteiger partial charge is 0.350 e. The molecule has 17 heavy (non-hydrogen) atoms. The van der Waals surface area contributed by atoms with Gasteiger partial charge in [-0.25, -0.2) is 4.79 Å². The van der Waals surface area contributed by atoms with Gasteiger partial charge in [-0.15, -0.1) is 5.10 Å². The monoisotopic (exact) mass is 230 g/mol. The van der Waals surface area contributed by atoms with Crippen molar-refractivity contribution in [2.45, 2.75) is 19.9 Å². The highest BCUT2D eigenvalue weighted by Gasteiger charge is 2.20. The first-order valence-corrected chi connectivity index (χ1v) is 5.45. The van der Waals surface area contributed by atoms with Gasteiger partial charge < -0.3 is 0 Å². The highest BCUT2D eigenvalue weighted by Crippen LogP contribution is 2.17. The van der Waals surface area contributed by atoms with E-state index >= 15 is 0 Å². The predicted octanol–water partition coefficient (Wildman–Crippen LogP) is 2.16. The molecule has 0 N–H and O–H groups in total. The molecule has 0 aliphatic rings. The van der Waals surface area contributed by atoms with Gasteiger partial charge >= 0.3 is 6.03 Å². The van der Waals surface area contributed by atoms with Crippen LogP contribution < -0.4 is 4.90 Å². The van der Waals surface area contributed by atoms with Crippen molar-refractivity contribution in [1.82, 2.24) is 15.0 Å². The van der Waals surface area contributed by atoms with Crippen LogP contribution in [-0.2, 0) is 0 Å². The third kappa shape index (κ3) is 2.33.